The number of amides is 1. The average molecular weight is 282 g/mol. The maximum absolute atomic E-state index is 11.1. The number of aliphatic carboxylic acids is 1. The third-order valence-corrected chi connectivity index (χ3v) is 1.87. The Kier molecular flexibility index (Phi) is 7.17. The Morgan fingerprint density at radius 2 is 2.29 bits per heavy atom. The molecule has 1 rings (SSSR count). The van der Waals surface area contributed by atoms with Crippen LogP contribution in [0.2, 0.25) is 0 Å². The average Bonchev–Trinajstić information content (AvgIpc) is 2.69. The SMILES string of the molecule is [NH-]CCC(=O)[N-]C(Cc1c[nH]cn1)C(=O)[O-].[Ni+3]. The van der Waals surface area contributed by atoms with Crippen molar-refractivity contribution in [1.82, 2.24) is 9.97 Å². The molecule has 1 amide bonds. The van der Waals surface area contributed by atoms with Gasteiger partial charge in [0.25, 0.3) is 0 Å². The van der Waals surface area contributed by atoms with Crippen molar-refractivity contribution in [2.45, 2.75) is 18.9 Å². The molecule has 0 aliphatic heterocycles. The van der Waals surface area contributed by atoms with Crippen molar-refractivity contribution in [2.75, 3.05) is 6.54 Å². The largest absolute Gasteiger partial charge is 3.00 e. The van der Waals surface area contributed by atoms with E-state index in [9.17, 15) is 14.7 Å². The molecule has 0 aliphatic rings. The summed E-state index contributed by atoms with van der Waals surface area (Å²) in [6, 6.07) is -1.23. The molecule has 2 N–H and O–H groups in total. The summed E-state index contributed by atoms with van der Waals surface area (Å²) in [5.74, 6) is -2.01. The number of carboxylic acid groups (broad SMARTS) is 1. The van der Waals surface area contributed by atoms with Crippen LogP contribution in [0.1, 0.15) is 12.1 Å². The van der Waals surface area contributed by atoms with Crippen LogP contribution in [0.3, 0.4) is 0 Å². The van der Waals surface area contributed by atoms with Gasteiger partial charge in [-0.1, -0.05) is 6.04 Å². The number of aromatic amines is 1. The number of nitrogens with one attached hydrogen (secondary N) is 2. The smallest absolute Gasteiger partial charge is 0.677 e. The van der Waals surface area contributed by atoms with E-state index in [4.69, 9.17) is 5.73 Å². The van der Waals surface area contributed by atoms with E-state index in [-0.39, 0.29) is 35.9 Å². The normalized spacial score (nSPS) is 11.4. The van der Waals surface area contributed by atoms with Gasteiger partial charge in [-0.25, -0.2) is 4.98 Å². The minimum absolute atomic E-state index is 0. The van der Waals surface area contributed by atoms with Crippen LogP contribution in [0.15, 0.2) is 12.5 Å². The van der Waals surface area contributed by atoms with Crippen LogP contribution in [-0.4, -0.2) is 34.4 Å². The second kappa shape index (κ2) is 7.81. The first-order chi connectivity index (χ1) is 7.63. The second-order valence-electron chi connectivity index (χ2n) is 3.12. The topological polar surface area (TPSA) is 124 Å². The predicted molar refractivity (Wildman–Crippen MR) is 53.3 cm³/mol. The number of H-pyrrole nitrogens is 1. The van der Waals surface area contributed by atoms with Gasteiger partial charge in [0.05, 0.1) is 12.0 Å². The summed E-state index contributed by atoms with van der Waals surface area (Å²) in [5.41, 5.74) is 7.32. The van der Waals surface area contributed by atoms with Crippen molar-refractivity contribution < 1.29 is 31.2 Å². The Labute approximate surface area is 108 Å². The zero-order valence-corrected chi connectivity index (χ0v) is 9.78. The third kappa shape index (κ3) is 5.46. The van der Waals surface area contributed by atoms with Crippen molar-refractivity contribution in [3.05, 3.63) is 29.3 Å². The molecule has 95 valence electrons. The van der Waals surface area contributed by atoms with Crippen LogP contribution in [0.25, 0.3) is 11.1 Å². The van der Waals surface area contributed by atoms with E-state index in [1.165, 1.54) is 12.5 Å². The van der Waals surface area contributed by atoms with Crippen LogP contribution in [-0.2, 0) is 32.5 Å². The number of hydrogen-bond acceptors (Lipinski definition) is 4. The van der Waals surface area contributed by atoms with Gasteiger partial charge in [0.2, 0.25) is 0 Å². The summed E-state index contributed by atoms with van der Waals surface area (Å²) in [5, 5.41) is 14.2. The Balaban J connectivity index is 0.00000256. The van der Waals surface area contributed by atoms with E-state index < -0.39 is 17.9 Å². The number of carbonyl (C=O) groups excluding carboxylic acids is 2. The number of hydrogen-bond donors (Lipinski definition) is 1. The zero-order chi connectivity index (χ0) is 12.0. The van der Waals surface area contributed by atoms with E-state index in [1.807, 2.05) is 0 Å². The first kappa shape index (κ1) is 15.6. The van der Waals surface area contributed by atoms with Crippen molar-refractivity contribution in [1.29, 1.82) is 0 Å². The van der Waals surface area contributed by atoms with Crippen molar-refractivity contribution >= 4 is 11.9 Å². The van der Waals surface area contributed by atoms with Crippen molar-refractivity contribution in [3.8, 4) is 0 Å². The molecule has 0 fully saturated rings. The van der Waals surface area contributed by atoms with Crippen LogP contribution >= 0.6 is 0 Å². The standard InChI is InChI=1S/C9H13N4O3.Ni/c10-2-1-8(14)13-7(9(15)16)3-6-4-11-5-12-6;/h4-5,7,10H,1-3H2,(H3,11,12,13,14,15,16);/q-1;+3/p-2. The molecule has 1 atom stereocenters. The summed E-state index contributed by atoms with van der Waals surface area (Å²) in [6.07, 6.45) is 2.87. The van der Waals surface area contributed by atoms with Gasteiger partial charge in [0, 0.05) is 18.1 Å². The molecule has 1 radical (unpaired) electrons. The van der Waals surface area contributed by atoms with Gasteiger partial charge < -0.3 is 30.7 Å². The maximum Gasteiger partial charge on any atom is 3.00 e. The number of imidazole rings is 1. The fraction of sp³-hybridized carbons (Fsp3) is 0.444. The Morgan fingerprint density at radius 1 is 1.59 bits per heavy atom. The molecule has 0 aliphatic carbocycles. The first-order valence-electron chi connectivity index (χ1n) is 4.70. The molecule has 17 heavy (non-hydrogen) atoms. The fourth-order valence-electron chi connectivity index (χ4n) is 1.13. The summed E-state index contributed by atoms with van der Waals surface area (Å²) < 4.78 is 0. The summed E-state index contributed by atoms with van der Waals surface area (Å²) in [6.45, 7) is -0.107. The fourth-order valence-corrected chi connectivity index (χ4v) is 1.13. The molecule has 0 saturated heterocycles. The molecule has 1 heterocycles. The van der Waals surface area contributed by atoms with E-state index in [2.05, 4.69) is 15.3 Å². The van der Waals surface area contributed by atoms with Crippen LogP contribution < -0.4 is 5.11 Å². The predicted octanol–water partition coefficient (Wildman–Crippen LogP) is -0.589. The number of rotatable bonds is 6. The van der Waals surface area contributed by atoms with Crippen LogP contribution in [0.4, 0.5) is 0 Å². The Bertz CT molecular complexity index is 355. The third-order valence-electron chi connectivity index (χ3n) is 1.87. The number of carbonyl (C=O) groups is 2. The van der Waals surface area contributed by atoms with E-state index >= 15 is 0 Å². The molecule has 7 nitrogen and oxygen atoms in total. The minimum Gasteiger partial charge on any atom is -0.677 e. The second-order valence-corrected chi connectivity index (χ2v) is 3.12. The van der Waals surface area contributed by atoms with Crippen LogP contribution in [0.5, 0.6) is 0 Å². The van der Waals surface area contributed by atoms with Crippen LogP contribution in [0, 0.1) is 0 Å². The number of nitrogens with zero attached hydrogens (tertiary/aromatic N) is 2. The minimum atomic E-state index is -1.42. The molecule has 1 aromatic rings. The van der Waals surface area contributed by atoms with Gasteiger partial charge in [0.1, 0.15) is 0 Å². The monoisotopic (exact) mass is 281 g/mol. The number of carboxylic acids is 1. The molecule has 0 bridgehead atoms. The van der Waals surface area contributed by atoms with Gasteiger partial charge in [0.15, 0.2) is 0 Å². The summed E-state index contributed by atoms with van der Waals surface area (Å²) in [4.78, 5) is 28.3. The van der Waals surface area contributed by atoms with Gasteiger partial charge in [-0.15, -0.1) is 6.54 Å². The van der Waals surface area contributed by atoms with Gasteiger partial charge in [-0.05, 0) is 12.8 Å². The molecular weight excluding hydrogens is 271 g/mol. The Hall–Kier alpha value is -1.40. The summed E-state index contributed by atoms with van der Waals surface area (Å²) >= 11 is 0. The number of aromatic nitrogens is 2. The first-order valence-corrected chi connectivity index (χ1v) is 4.70. The molecule has 0 aromatic carbocycles. The van der Waals surface area contributed by atoms with Crippen molar-refractivity contribution in [2.24, 2.45) is 0 Å². The molecule has 1 unspecified atom stereocenters. The van der Waals surface area contributed by atoms with Gasteiger partial charge in [-0.3, -0.25) is 0 Å². The molecular formula is C9H11N4NiO3. The van der Waals surface area contributed by atoms with Gasteiger partial charge >= 0.3 is 16.5 Å². The van der Waals surface area contributed by atoms with Gasteiger partial charge in [-0.2, -0.15) is 0 Å². The quantitative estimate of drug-likeness (QED) is 0.700. The van der Waals surface area contributed by atoms with E-state index in [0.717, 1.165) is 0 Å². The maximum atomic E-state index is 11.1. The Morgan fingerprint density at radius 3 is 2.76 bits per heavy atom. The molecule has 0 saturated carbocycles. The van der Waals surface area contributed by atoms with E-state index in [0.29, 0.717) is 5.69 Å². The van der Waals surface area contributed by atoms with Crippen molar-refractivity contribution in [3.63, 3.8) is 0 Å². The van der Waals surface area contributed by atoms with E-state index in [1.54, 1.807) is 0 Å². The zero-order valence-electron chi connectivity index (χ0n) is 8.79. The summed E-state index contributed by atoms with van der Waals surface area (Å²) in [7, 11) is 0. The molecule has 8 heteroatoms. The molecule has 1 aromatic heterocycles. The molecule has 0 spiro atoms.